The molecule has 0 aliphatic heterocycles. The molecule has 0 aliphatic rings. The Morgan fingerprint density at radius 2 is 1.57 bits per heavy atom. The number of aromatic nitrogens is 1. The molecule has 42 heavy (non-hydrogen) atoms. The summed E-state index contributed by atoms with van der Waals surface area (Å²) in [5, 5.41) is 13.0. The van der Waals surface area contributed by atoms with Gasteiger partial charge in [-0.2, -0.15) is 5.10 Å². The minimum absolute atomic E-state index is 0.116. The average molecular weight is 564 g/mol. The van der Waals surface area contributed by atoms with E-state index in [1.807, 2.05) is 30.3 Å². The quantitative estimate of drug-likeness (QED) is 0.144. The van der Waals surface area contributed by atoms with E-state index in [4.69, 9.17) is 19.0 Å². The number of amides is 1. The molecule has 0 aliphatic carbocycles. The molecule has 9 heteroatoms. The molecule has 212 valence electrons. The highest BCUT2D eigenvalue weighted by Gasteiger charge is 2.11. The number of aromatic carboxylic acids is 1. The summed E-state index contributed by atoms with van der Waals surface area (Å²) < 4.78 is 19.4. The fraction of sp³-hybridized carbons (Fsp3) is 0.121. The largest absolute Gasteiger partial charge is 0.489 e. The Kier molecular flexibility index (Phi) is 8.48. The van der Waals surface area contributed by atoms with Crippen molar-refractivity contribution in [2.24, 2.45) is 5.10 Å². The predicted octanol–water partition coefficient (Wildman–Crippen LogP) is 6.31. The zero-order chi connectivity index (χ0) is 29.5. The standard InChI is InChI=1S/C33H29N3O6/c1-22-6-7-23(2)36(22)27-12-14-28(15-13-27)41-21-30-16-17-31(42-30)32(37)35-34-19-25-4-3-5-29(18-25)40-20-24-8-10-26(11-9-24)33(38)39/h3-19H,20-21H2,1-2H3,(H,35,37)(H,38,39)/b34-19+. The molecule has 5 aromatic rings. The van der Waals surface area contributed by atoms with E-state index < -0.39 is 11.9 Å². The van der Waals surface area contributed by atoms with E-state index in [-0.39, 0.29) is 24.5 Å². The molecule has 0 radical (unpaired) electrons. The molecular weight excluding hydrogens is 534 g/mol. The summed E-state index contributed by atoms with van der Waals surface area (Å²) >= 11 is 0. The highest BCUT2D eigenvalue weighted by molar-refractivity contribution is 5.92. The fourth-order valence-corrected chi connectivity index (χ4v) is 4.31. The van der Waals surface area contributed by atoms with Crippen LogP contribution in [0.3, 0.4) is 0 Å². The molecule has 3 aromatic carbocycles. The molecule has 5 rings (SSSR count). The Hall–Kier alpha value is -5.57. The van der Waals surface area contributed by atoms with Gasteiger partial charge in [0.15, 0.2) is 5.76 Å². The highest BCUT2D eigenvalue weighted by atomic mass is 16.5. The molecule has 0 fully saturated rings. The molecule has 0 bridgehead atoms. The van der Waals surface area contributed by atoms with Gasteiger partial charge in [0.2, 0.25) is 0 Å². The van der Waals surface area contributed by atoms with Crippen LogP contribution in [-0.4, -0.2) is 27.8 Å². The first-order valence-corrected chi connectivity index (χ1v) is 13.2. The Balaban J connectivity index is 1.10. The van der Waals surface area contributed by atoms with Gasteiger partial charge in [0.25, 0.3) is 0 Å². The van der Waals surface area contributed by atoms with E-state index in [9.17, 15) is 9.59 Å². The second kappa shape index (κ2) is 12.7. The smallest absolute Gasteiger partial charge is 0.335 e. The number of carboxylic acids is 1. The highest BCUT2D eigenvalue weighted by Crippen LogP contribution is 2.21. The number of carbonyl (C=O) groups is 2. The second-order valence-electron chi connectivity index (χ2n) is 9.56. The van der Waals surface area contributed by atoms with Crippen LogP contribution in [-0.2, 0) is 13.2 Å². The molecule has 2 N–H and O–H groups in total. The zero-order valence-corrected chi connectivity index (χ0v) is 23.1. The summed E-state index contributed by atoms with van der Waals surface area (Å²) in [6.07, 6.45) is 1.50. The first-order chi connectivity index (χ1) is 20.4. The lowest BCUT2D eigenvalue weighted by atomic mass is 10.1. The molecule has 0 saturated carbocycles. The van der Waals surface area contributed by atoms with Gasteiger partial charge in [0.1, 0.15) is 30.5 Å². The number of aryl methyl sites for hydroxylation is 2. The van der Waals surface area contributed by atoms with Crippen molar-refractivity contribution in [3.63, 3.8) is 0 Å². The second-order valence-corrected chi connectivity index (χ2v) is 9.56. The van der Waals surface area contributed by atoms with Crippen LogP contribution < -0.4 is 14.9 Å². The van der Waals surface area contributed by atoms with Crippen LogP contribution in [0.1, 0.15) is 49.2 Å². The fourth-order valence-electron chi connectivity index (χ4n) is 4.31. The van der Waals surface area contributed by atoms with Crippen LogP contribution in [0.15, 0.2) is 107 Å². The maximum Gasteiger partial charge on any atom is 0.335 e. The lowest BCUT2D eigenvalue weighted by Gasteiger charge is -2.10. The summed E-state index contributed by atoms with van der Waals surface area (Å²) in [4.78, 5) is 23.5. The van der Waals surface area contributed by atoms with E-state index in [1.165, 1.54) is 18.3 Å². The number of hydrazone groups is 1. The maximum atomic E-state index is 12.5. The summed E-state index contributed by atoms with van der Waals surface area (Å²) in [5.41, 5.74) is 7.62. The van der Waals surface area contributed by atoms with Crippen molar-refractivity contribution < 1.29 is 28.6 Å². The third kappa shape index (κ3) is 6.95. The van der Waals surface area contributed by atoms with Crippen LogP contribution in [0.25, 0.3) is 5.69 Å². The van der Waals surface area contributed by atoms with Gasteiger partial charge in [-0.3, -0.25) is 4.79 Å². The van der Waals surface area contributed by atoms with Crippen LogP contribution in [0, 0.1) is 13.8 Å². The Morgan fingerprint density at radius 1 is 0.857 bits per heavy atom. The minimum Gasteiger partial charge on any atom is -0.489 e. The molecular formula is C33H29N3O6. The molecule has 1 amide bonds. The molecule has 2 aromatic heterocycles. The maximum absolute atomic E-state index is 12.5. The number of furan rings is 1. The number of hydrogen-bond donors (Lipinski definition) is 2. The van der Waals surface area contributed by atoms with Crippen molar-refractivity contribution in [3.05, 3.63) is 137 Å². The molecule has 0 unspecified atom stereocenters. The van der Waals surface area contributed by atoms with Crippen molar-refractivity contribution in [1.82, 2.24) is 9.99 Å². The number of rotatable bonds is 11. The van der Waals surface area contributed by atoms with Gasteiger partial charge in [-0.05, 0) is 97.8 Å². The third-order valence-electron chi connectivity index (χ3n) is 6.48. The summed E-state index contributed by atoms with van der Waals surface area (Å²) in [6, 6.07) is 28.9. The lowest BCUT2D eigenvalue weighted by Crippen LogP contribution is -2.16. The molecule has 0 spiro atoms. The van der Waals surface area contributed by atoms with Gasteiger partial charge >= 0.3 is 11.9 Å². The van der Waals surface area contributed by atoms with E-state index in [2.05, 4.69) is 41.1 Å². The van der Waals surface area contributed by atoms with E-state index >= 15 is 0 Å². The van der Waals surface area contributed by atoms with E-state index in [0.717, 1.165) is 28.2 Å². The normalized spacial score (nSPS) is 11.0. The van der Waals surface area contributed by atoms with E-state index in [1.54, 1.807) is 42.5 Å². The minimum atomic E-state index is -0.973. The number of carboxylic acid groups (broad SMARTS) is 1. The number of nitrogens with one attached hydrogen (secondary N) is 1. The zero-order valence-electron chi connectivity index (χ0n) is 23.1. The van der Waals surface area contributed by atoms with Gasteiger partial charge < -0.3 is 23.6 Å². The first kappa shape index (κ1) is 28.0. The summed E-state index contributed by atoms with van der Waals surface area (Å²) in [7, 11) is 0. The number of benzene rings is 3. The predicted molar refractivity (Wildman–Crippen MR) is 158 cm³/mol. The van der Waals surface area contributed by atoms with Gasteiger partial charge in [-0.25, -0.2) is 10.2 Å². The van der Waals surface area contributed by atoms with Crippen LogP contribution in [0.2, 0.25) is 0 Å². The van der Waals surface area contributed by atoms with Crippen LogP contribution >= 0.6 is 0 Å². The summed E-state index contributed by atoms with van der Waals surface area (Å²) in [6.45, 7) is 4.58. The molecule has 0 atom stereocenters. The van der Waals surface area contributed by atoms with Gasteiger partial charge in [0, 0.05) is 17.1 Å². The van der Waals surface area contributed by atoms with E-state index in [0.29, 0.717) is 17.3 Å². The first-order valence-electron chi connectivity index (χ1n) is 13.2. The molecule has 2 heterocycles. The van der Waals surface area contributed by atoms with Crippen LogP contribution in [0.4, 0.5) is 0 Å². The van der Waals surface area contributed by atoms with Crippen molar-refractivity contribution in [1.29, 1.82) is 0 Å². The molecule has 9 nitrogen and oxygen atoms in total. The summed E-state index contributed by atoms with van der Waals surface area (Å²) in [5.74, 6) is 0.456. The van der Waals surface area contributed by atoms with Crippen LogP contribution in [0.5, 0.6) is 11.5 Å². The Morgan fingerprint density at radius 3 is 2.29 bits per heavy atom. The lowest BCUT2D eigenvalue weighted by molar-refractivity contribution is 0.0696. The average Bonchev–Trinajstić information content (AvgIpc) is 3.61. The third-order valence-corrected chi connectivity index (χ3v) is 6.48. The number of hydrogen-bond acceptors (Lipinski definition) is 6. The monoisotopic (exact) mass is 563 g/mol. The molecule has 0 saturated heterocycles. The Labute approximate surface area is 242 Å². The number of ether oxygens (including phenoxy) is 2. The van der Waals surface area contributed by atoms with Crippen molar-refractivity contribution in [3.8, 4) is 17.2 Å². The van der Waals surface area contributed by atoms with Crippen molar-refractivity contribution in [2.75, 3.05) is 0 Å². The SMILES string of the molecule is Cc1ccc(C)n1-c1ccc(OCc2ccc(C(=O)N/N=C/c3cccc(OCc4ccc(C(=O)O)cc4)c3)o2)cc1. The van der Waals surface area contributed by atoms with Crippen molar-refractivity contribution in [2.45, 2.75) is 27.1 Å². The topological polar surface area (TPSA) is 115 Å². The van der Waals surface area contributed by atoms with Gasteiger partial charge in [-0.1, -0.05) is 24.3 Å². The number of nitrogens with zero attached hydrogens (tertiary/aromatic N) is 2. The number of carbonyl (C=O) groups excluding carboxylic acids is 1. The van der Waals surface area contributed by atoms with Gasteiger partial charge in [0.05, 0.1) is 11.8 Å². The van der Waals surface area contributed by atoms with Gasteiger partial charge in [-0.15, -0.1) is 0 Å². The Bertz CT molecular complexity index is 1700. The van der Waals surface area contributed by atoms with Crippen molar-refractivity contribution >= 4 is 18.1 Å².